The van der Waals surface area contributed by atoms with Crippen LogP contribution in [0.1, 0.15) is 23.2 Å². The van der Waals surface area contributed by atoms with E-state index in [9.17, 15) is 4.79 Å². The Morgan fingerprint density at radius 2 is 1.83 bits per heavy atom. The second-order valence-corrected chi connectivity index (χ2v) is 6.00. The maximum atomic E-state index is 12.0. The van der Waals surface area contributed by atoms with Gasteiger partial charge in [0.1, 0.15) is 0 Å². The summed E-state index contributed by atoms with van der Waals surface area (Å²) in [5.74, 6) is 0.0955. The molecule has 0 spiro atoms. The van der Waals surface area contributed by atoms with Crippen molar-refractivity contribution < 1.29 is 4.79 Å². The molecule has 0 aliphatic rings. The van der Waals surface area contributed by atoms with Gasteiger partial charge in [-0.15, -0.1) is 0 Å². The van der Waals surface area contributed by atoms with Crippen LogP contribution >= 0.6 is 0 Å². The molecule has 0 atom stereocenters. The van der Waals surface area contributed by atoms with E-state index >= 15 is 0 Å². The highest BCUT2D eigenvalue weighted by Gasteiger charge is 2.05. The molecule has 3 heteroatoms. The van der Waals surface area contributed by atoms with Crippen LogP contribution in [0.15, 0.2) is 54.6 Å². The Kier molecular flexibility index (Phi) is 4.47. The number of aryl methyl sites for hydroxylation is 3. The summed E-state index contributed by atoms with van der Waals surface area (Å²) < 4.78 is 2.18. The van der Waals surface area contributed by atoms with Gasteiger partial charge in [0, 0.05) is 36.6 Å². The van der Waals surface area contributed by atoms with Gasteiger partial charge in [0.05, 0.1) is 0 Å². The number of nitrogens with zero attached hydrogens (tertiary/aromatic N) is 1. The number of benzene rings is 2. The smallest absolute Gasteiger partial charge is 0.220 e. The second kappa shape index (κ2) is 6.69. The lowest BCUT2D eigenvalue weighted by molar-refractivity contribution is -0.121. The molecular weight excluding hydrogens is 284 g/mol. The van der Waals surface area contributed by atoms with Gasteiger partial charge in [-0.3, -0.25) is 4.79 Å². The zero-order chi connectivity index (χ0) is 16.2. The number of hydrogen-bond acceptors (Lipinski definition) is 1. The first-order valence-corrected chi connectivity index (χ1v) is 7.99. The fourth-order valence-corrected chi connectivity index (χ4v) is 2.84. The van der Waals surface area contributed by atoms with Crippen molar-refractivity contribution in [2.75, 3.05) is 0 Å². The zero-order valence-electron chi connectivity index (χ0n) is 13.7. The average Bonchev–Trinajstić information content (AvgIpc) is 2.86. The summed E-state index contributed by atoms with van der Waals surface area (Å²) in [7, 11) is 2.07. The van der Waals surface area contributed by atoms with Gasteiger partial charge in [0.2, 0.25) is 5.91 Å². The third kappa shape index (κ3) is 3.62. The minimum Gasteiger partial charge on any atom is -0.352 e. The SMILES string of the molecule is Cc1cc2cc(CNC(=O)CCc3ccccc3)ccc2n1C. The van der Waals surface area contributed by atoms with Gasteiger partial charge in [0.25, 0.3) is 0 Å². The number of carbonyl (C=O) groups excluding carboxylic acids is 1. The Morgan fingerprint density at radius 1 is 1.04 bits per heavy atom. The van der Waals surface area contributed by atoms with E-state index in [2.05, 4.69) is 60.3 Å². The van der Waals surface area contributed by atoms with E-state index in [1.807, 2.05) is 18.2 Å². The molecule has 1 amide bonds. The molecule has 0 aliphatic carbocycles. The molecule has 0 unspecified atom stereocenters. The van der Waals surface area contributed by atoms with Crippen molar-refractivity contribution in [3.8, 4) is 0 Å². The van der Waals surface area contributed by atoms with Crippen molar-refractivity contribution in [2.24, 2.45) is 7.05 Å². The van der Waals surface area contributed by atoms with Gasteiger partial charge in [-0.2, -0.15) is 0 Å². The van der Waals surface area contributed by atoms with Crippen molar-refractivity contribution in [1.29, 1.82) is 0 Å². The molecule has 2 aromatic carbocycles. The topological polar surface area (TPSA) is 34.0 Å². The highest BCUT2D eigenvalue weighted by Crippen LogP contribution is 2.19. The lowest BCUT2D eigenvalue weighted by Crippen LogP contribution is -2.22. The number of hydrogen-bond donors (Lipinski definition) is 1. The standard InChI is InChI=1S/C20H22N2O/c1-15-12-18-13-17(8-10-19(18)22(15)2)14-21-20(23)11-9-16-6-4-3-5-7-16/h3-8,10,12-13H,9,11,14H2,1-2H3,(H,21,23). The van der Waals surface area contributed by atoms with Crippen LogP contribution in [0.3, 0.4) is 0 Å². The molecule has 1 aromatic heterocycles. The van der Waals surface area contributed by atoms with E-state index in [-0.39, 0.29) is 5.91 Å². The highest BCUT2D eigenvalue weighted by molar-refractivity contribution is 5.82. The summed E-state index contributed by atoms with van der Waals surface area (Å²) in [5, 5.41) is 4.23. The number of carbonyl (C=O) groups is 1. The molecule has 3 nitrogen and oxygen atoms in total. The molecule has 0 fully saturated rings. The summed E-state index contributed by atoms with van der Waals surface area (Å²) in [6, 6.07) is 18.6. The molecule has 0 saturated heterocycles. The highest BCUT2D eigenvalue weighted by atomic mass is 16.1. The Labute approximate surface area is 136 Å². The summed E-state index contributed by atoms with van der Waals surface area (Å²) in [5.41, 5.74) is 4.80. The van der Waals surface area contributed by atoms with Crippen molar-refractivity contribution >= 4 is 16.8 Å². The van der Waals surface area contributed by atoms with Crippen molar-refractivity contribution in [2.45, 2.75) is 26.3 Å². The van der Waals surface area contributed by atoms with Crippen LogP contribution in [0.2, 0.25) is 0 Å². The molecule has 0 radical (unpaired) electrons. The van der Waals surface area contributed by atoms with E-state index in [0.29, 0.717) is 13.0 Å². The minimum atomic E-state index is 0.0955. The van der Waals surface area contributed by atoms with E-state index < -0.39 is 0 Å². The Bertz CT molecular complexity index is 818. The van der Waals surface area contributed by atoms with E-state index in [1.165, 1.54) is 22.2 Å². The van der Waals surface area contributed by atoms with E-state index in [1.54, 1.807) is 0 Å². The van der Waals surface area contributed by atoms with Gasteiger partial charge < -0.3 is 9.88 Å². The van der Waals surface area contributed by atoms with Gasteiger partial charge >= 0.3 is 0 Å². The van der Waals surface area contributed by atoms with Gasteiger partial charge in [0.15, 0.2) is 0 Å². The Morgan fingerprint density at radius 3 is 2.61 bits per heavy atom. The zero-order valence-corrected chi connectivity index (χ0v) is 13.7. The molecule has 3 aromatic rings. The van der Waals surface area contributed by atoms with Crippen LogP contribution in [-0.2, 0) is 24.8 Å². The molecule has 0 bridgehead atoms. The largest absolute Gasteiger partial charge is 0.352 e. The quantitative estimate of drug-likeness (QED) is 0.765. The molecule has 3 rings (SSSR count). The van der Waals surface area contributed by atoms with Crippen LogP contribution in [0.25, 0.3) is 10.9 Å². The first-order valence-electron chi connectivity index (χ1n) is 7.99. The summed E-state index contributed by atoms with van der Waals surface area (Å²) in [6.45, 7) is 2.68. The van der Waals surface area contributed by atoms with Gasteiger partial charge in [-0.1, -0.05) is 36.4 Å². The first kappa shape index (κ1) is 15.3. The molecular formula is C20H22N2O. The van der Waals surface area contributed by atoms with Gasteiger partial charge in [-0.25, -0.2) is 0 Å². The molecule has 0 aliphatic heterocycles. The Balaban J connectivity index is 1.56. The molecule has 0 saturated carbocycles. The summed E-state index contributed by atoms with van der Waals surface area (Å²) >= 11 is 0. The molecule has 118 valence electrons. The normalized spacial score (nSPS) is 10.9. The van der Waals surface area contributed by atoms with E-state index in [4.69, 9.17) is 0 Å². The first-order chi connectivity index (χ1) is 11.1. The average molecular weight is 306 g/mol. The monoisotopic (exact) mass is 306 g/mol. The lowest BCUT2D eigenvalue weighted by Gasteiger charge is -2.06. The number of rotatable bonds is 5. The molecule has 23 heavy (non-hydrogen) atoms. The molecule has 1 N–H and O–H groups in total. The summed E-state index contributed by atoms with van der Waals surface area (Å²) in [4.78, 5) is 12.0. The fraction of sp³-hybridized carbons (Fsp3) is 0.250. The van der Waals surface area contributed by atoms with Crippen molar-refractivity contribution in [3.63, 3.8) is 0 Å². The fourth-order valence-electron chi connectivity index (χ4n) is 2.84. The third-order valence-electron chi connectivity index (χ3n) is 4.32. The Hall–Kier alpha value is -2.55. The number of amides is 1. The number of fused-ring (bicyclic) bond motifs is 1. The minimum absolute atomic E-state index is 0.0955. The van der Waals surface area contributed by atoms with Crippen molar-refractivity contribution in [3.05, 3.63) is 71.4 Å². The van der Waals surface area contributed by atoms with Crippen LogP contribution in [0, 0.1) is 6.92 Å². The predicted octanol–water partition coefficient (Wildman–Crippen LogP) is 3.74. The van der Waals surface area contributed by atoms with E-state index in [0.717, 1.165) is 12.0 Å². The number of aromatic nitrogens is 1. The lowest BCUT2D eigenvalue weighted by atomic mass is 10.1. The van der Waals surface area contributed by atoms with Gasteiger partial charge in [-0.05, 0) is 42.7 Å². The molecule has 1 heterocycles. The maximum Gasteiger partial charge on any atom is 0.220 e. The van der Waals surface area contributed by atoms with Crippen LogP contribution in [-0.4, -0.2) is 10.5 Å². The third-order valence-corrected chi connectivity index (χ3v) is 4.32. The van der Waals surface area contributed by atoms with Crippen molar-refractivity contribution in [1.82, 2.24) is 9.88 Å². The summed E-state index contributed by atoms with van der Waals surface area (Å²) in [6.07, 6.45) is 1.31. The second-order valence-electron chi connectivity index (χ2n) is 6.00. The predicted molar refractivity (Wildman–Crippen MR) is 94.3 cm³/mol. The number of nitrogens with one attached hydrogen (secondary N) is 1. The van der Waals surface area contributed by atoms with Crippen LogP contribution < -0.4 is 5.32 Å². The van der Waals surface area contributed by atoms with Crippen LogP contribution in [0.4, 0.5) is 0 Å². The van der Waals surface area contributed by atoms with Crippen LogP contribution in [0.5, 0.6) is 0 Å². The maximum absolute atomic E-state index is 12.0.